The van der Waals surface area contributed by atoms with Gasteiger partial charge in [-0.25, -0.2) is 0 Å². The van der Waals surface area contributed by atoms with E-state index in [1.165, 1.54) is 59.9 Å². The topological polar surface area (TPSA) is 279 Å². The van der Waals surface area contributed by atoms with Gasteiger partial charge in [0.25, 0.3) is 0 Å². The van der Waals surface area contributed by atoms with Crippen LogP contribution in [0.3, 0.4) is 0 Å². The van der Waals surface area contributed by atoms with E-state index in [0.717, 1.165) is 137 Å². The predicted octanol–water partition coefficient (Wildman–Crippen LogP) is 17.4. The molecule has 2 aromatic heterocycles. The van der Waals surface area contributed by atoms with Crippen molar-refractivity contribution in [3.63, 3.8) is 0 Å². The highest BCUT2D eigenvalue weighted by atomic mass is 35.5. The summed E-state index contributed by atoms with van der Waals surface area (Å²) < 4.78 is 60.2. The van der Waals surface area contributed by atoms with E-state index in [-0.39, 0.29) is 76.8 Å². The number of nitrogens with zero attached hydrogens (tertiary/aromatic N) is 9. The lowest BCUT2D eigenvalue weighted by atomic mass is 9.73. The first-order valence-corrected chi connectivity index (χ1v) is 47.7. The van der Waals surface area contributed by atoms with Crippen LogP contribution in [0.25, 0.3) is 5.57 Å². The first-order valence-electron chi connectivity index (χ1n) is 46.6. The Labute approximate surface area is 827 Å². The third-order valence-corrected chi connectivity index (χ3v) is 24.2. The molecule has 2 unspecified atom stereocenters. The van der Waals surface area contributed by atoms with Crippen molar-refractivity contribution in [2.24, 2.45) is 21.7 Å². The molecule has 30 heteroatoms. The molecular formula is C109H132Cl2N10O18. The minimum Gasteiger partial charge on any atom is -0.496 e. The number of fused-ring (bicyclic) bond motifs is 3. The van der Waals surface area contributed by atoms with Gasteiger partial charge in [-0.3, -0.25) is 43.5 Å². The van der Waals surface area contributed by atoms with Crippen molar-refractivity contribution in [1.29, 1.82) is 0 Å². The summed E-state index contributed by atoms with van der Waals surface area (Å²) in [5, 5.41) is 2.83. The number of likely N-dealkylation sites (tertiary alicyclic amines) is 1. The molecule has 1 N–H and O–H groups in total. The van der Waals surface area contributed by atoms with Crippen LogP contribution in [0.5, 0.6) is 46.0 Å². The quantitative estimate of drug-likeness (QED) is 0.0227. The first-order chi connectivity index (χ1) is 67.1. The van der Waals surface area contributed by atoms with Crippen molar-refractivity contribution in [2.45, 2.75) is 98.9 Å². The van der Waals surface area contributed by atoms with E-state index in [9.17, 15) is 33.6 Å². The number of methoxy groups -OCH3 is 1. The molecular weight excluding hydrogens is 1810 g/mol. The molecule has 8 aromatic rings. The Bertz CT molecular complexity index is 5570. The van der Waals surface area contributed by atoms with Gasteiger partial charge in [0.15, 0.2) is 23.0 Å². The highest BCUT2D eigenvalue weighted by molar-refractivity contribution is 6.30. The molecule has 740 valence electrons. The summed E-state index contributed by atoms with van der Waals surface area (Å²) >= 11 is 11.6. The van der Waals surface area contributed by atoms with Gasteiger partial charge in [-0.15, -0.1) is 23.2 Å². The van der Waals surface area contributed by atoms with Crippen LogP contribution in [-0.4, -0.2) is 234 Å². The summed E-state index contributed by atoms with van der Waals surface area (Å²) in [6.07, 6.45) is 17.8. The number of benzene rings is 6. The Hall–Kier alpha value is -13.5. The van der Waals surface area contributed by atoms with E-state index < -0.39 is 6.04 Å². The van der Waals surface area contributed by atoms with E-state index in [1.54, 1.807) is 87.8 Å². The third-order valence-electron chi connectivity index (χ3n) is 23.8. The second-order valence-electron chi connectivity index (χ2n) is 35.1. The number of likely N-dealkylation sites (N-methyl/N-ethyl adjacent to an activating group) is 1. The fourth-order valence-corrected chi connectivity index (χ4v) is 17.0. The summed E-state index contributed by atoms with van der Waals surface area (Å²) in [6.45, 7) is 53.1. The Balaban J connectivity index is 0.000000168. The number of amides is 7. The lowest BCUT2D eigenvalue weighted by Gasteiger charge is -2.54. The number of furan rings is 2. The third kappa shape index (κ3) is 31.2. The number of halogens is 2. The van der Waals surface area contributed by atoms with E-state index in [2.05, 4.69) is 102 Å². The number of para-hydroxylation sites is 3. The van der Waals surface area contributed by atoms with Crippen molar-refractivity contribution >= 4 is 87.3 Å². The highest BCUT2D eigenvalue weighted by Crippen LogP contribution is 2.43. The number of carbonyl (C=O) groups is 7. The molecule has 2 atom stereocenters. The summed E-state index contributed by atoms with van der Waals surface area (Å²) in [6, 6.07) is 46.6. The highest BCUT2D eigenvalue weighted by Gasteiger charge is 2.52. The van der Waals surface area contributed by atoms with Crippen LogP contribution < -0.4 is 53.0 Å². The normalized spacial score (nSPS) is 15.8. The maximum Gasteiger partial charge on any atom is 0.246 e. The number of aliphatic imine (C=N–C) groups is 1. The van der Waals surface area contributed by atoms with Gasteiger partial charge in [-0.05, 0) is 171 Å². The minimum absolute atomic E-state index is 0.00420. The number of carbonyl (C=O) groups excluding carboxylic acids is 7. The summed E-state index contributed by atoms with van der Waals surface area (Å²) in [5.41, 5.74) is 9.08. The molecule has 0 spiro atoms. The smallest absolute Gasteiger partial charge is 0.246 e. The van der Waals surface area contributed by atoms with Crippen molar-refractivity contribution in [1.82, 2.24) is 34.7 Å². The molecule has 1 aliphatic carbocycles. The first kappa shape index (κ1) is 107. The van der Waals surface area contributed by atoms with E-state index in [4.69, 9.17) is 79.7 Å². The van der Waals surface area contributed by atoms with Gasteiger partial charge in [0.05, 0.1) is 65.1 Å². The number of anilines is 2. The van der Waals surface area contributed by atoms with Gasteiger partial charge in [0, 0.05) is 130 Å². The standard InChI is InChI=1S/C20H20ClNO4.C19H18ClNO4.C15H23N3O.C15H15NO3.C14H17NO2.C13H24N2O2.C13H15NO2/c1-2-9-24-17-6-4-3-5-15(17)14-22(20(23)13-21)16-7-8-18-19(12-16)26-11-10-25-18;1-2-9-23-16-6-4-3-5-14(16)12-21(19(22)11-20)15-7-8-17-18(10-15)25-13-24-17;1-4-12(19)18-10-15(2,3)13(18)14-16-7-8-17(14)9-11-5-6-11;1-3-14(17)16-15(13-9-6-10-19-13)11-7-4-5-8-12(11)18-2;1-3-14(16)15-8-7-11-9-13(17-4-2)6-5-12(11)10-15;1-5-12(16)14(4)10-13(2,3)11-15-6-8-17-9-7-15;1-3-13(15)14-7-6-10(2)11(9-14)12-5-4-8-16-12/h2-8,12H,1,9-11,13-14H2;2-8,10H,1,9,11-13H2;4,11,13H,1,5-10H2,2-3H3;3-10,15H,1H2,2H3,(H,16,17);3,5-6,9H,1,4,7-8,10H2,2H3;5H,1,6-11H2,2-4H3;3-5,8H,1,6-7,9H2,2H3. The van der Waals surface area contributed by atoms with Crippen molar-refractivity contribution in [2.75, 3.05) is 161 Å². The molecule has 0 radical (unpaired) electrons. The number of morpholine rings is 1. The molecule has 7 amide bonds. The van der Waals surface area contributed by atoms with Crippen LogP contribution in [0.2, 0.25) is 0 Å². The maximum atomic E-state index is 12.5. The molecule has 7 aliphatic heterocycles. The molecule has 9 heterocycles. The van der Waals surface area contributed by atoms with Crippen molar-refractivity contribution < 1.29 is 85.0 Å². The molecule has 6 aromatic carbocycles. The summed E-state index contributed by atoms with van der Waals surface area (Å²) in [5.74, 6) is 8.15. The van der Waals surface area contributed by atoms with Crippen LogP contribution in [-0.2, 0) is 64.4 Å². The van der Waals surface area contributed by atoms with E-state index >= 15 is 0 Å². The van der Waals surface area contributed by atoms with Crippen LogP contribution >= 0.6 is 23.2 Å². The van der Waals surface area contributed by atoms with Crippen LogP contribution in [0, 0.1) is 16.7 Å². The molecule has 1 saturated carbocycles. The van der Waals surface area contributed by atoms with Crippen LogP contribution in [0.4, 0.5) is 11.4 Å². The maximum absolute atomic E-state index is 12.5. The molecule has 8 aliphatic rings. The van der Waals surface area contributed by atoms with Crippen LogP contribution in [0.15, 0.2) is 272 Å². The van der Waals surface area contributed by atoms with Gasteiger partial charge in [-0.1, -0.05) is 152 Å². The van der Waals surface area contributed by atoms with E-state index in [1.807, 2.05) is 133 Å². The van der Waals surface area contributed by atoms with Gasteiger partial charge in [0.1, 0.15) is 84.6 Å². The fraction of sp³-hybridized carbons (Fsp3) is 0.376. The molecule has 139 heavy (non-hydrogen) atoms. The molecule has 28 nitrogen and oxygen atoms in total. The molecule has 0 bridgehead atoms. The van der Waals surface area contributed by atoms with Crippen molar-refractivity contribution in [3.05, 3.63) is 298 Å². The summed E-state index contributed by atoms with van der Waals surface area (Å²) in [7, 11) is 3.42. The molecule has 3 fully saturated rings. The number of nitrogens with one attached hydrogen (secondary N) is 1. The average Bonchev–Trinajstić information content (AvgIpc) is 1.73. The lowest BCUT2D eigenvalue weighted by molar-refractivity contribution is -0.140. The van der Waals surface area contributed by atoms with Crippen LogP contribution in [0.1, 0.15) is 106 Å². The van der Waals surface area contributed by atoms with Gasteiger partial charge >= 0.3 is 0 Å². The predicted molar refractivity (Wildman–Crippen MR) is 545 cm³/mol. The molecule has 2 saturated heterocycles. The second kappa shape index (κ2) is 54.0. The second-order valence-corrected chi connectivity index (χ2v) is 35.6. The SMILES string of the molecule is C=CC(=O)N(C)CC(C)(C)CN1CCOCC1.C=CC(=O)N1CC(C)(C)C1C1=NCCN1CC1CC1.C=CC(=O)N1CCC(C)=C(c2ccco2)C1.C=CC(=O)N1CCc2cc(OCC)ccc2C1.C=CC(=O)NC(c1ccco1)c1ccccc1OC.C=CCOc1ccccc1CN(C(=O)CCl)c1ccc2c(c1)OCCO2.C=CCOc1ccccc1CN(C(=O)CCl)c1ccc2c(c1)OCO2. The zero-order valence-corrected chi connectivity index (χ0v) is 82.8. The van der Waals surface area contributed by atoms with Gasteiger partial charge in [0.2, 0.25) is 48.1 Å². The Morgan fingerprint density at radius 3 is 1.73 bits per heavy atom. The number of hydrogen-bond acceptors (Lipinski definition) is 21. The Morgan fingerprint density at radius 1 is 0.604 bits per heavy atom. The zero-order valence-electron chi connectivity index (χ0n) is 81.2. The monoisotopic (exact) mass is 1940 g/mol. The van der Waals surface area contributed by atoms with Gasteiger partial charge in [-0.2, -0.15) is 0 Å². The number of amidine groups is 1. The lowest BCUT2D eigenvalue weighted by Crippen LogP contribution is -2.68. The van der Waals surface area contributed by atoms with Gasteiger partial charge < -0.3 is 91.1 Å². The molecule has 16 rings (SSSR count). The van der Waals surface area contributed by atoms with Crippen molar-refractivity contribution in [3.8, 4) is 46.0 Å². The Morgan fingerprint density at radius 2 is 1.17 bits per heavy atom. The summed E-state index contributed by atoms with van der Waals surface area (Å²) in [4.78, 5) is 103. The number of rotatable bonds is 33. The number of hydrogen-bond donors (Lipinski definition) is 1. The largest absolute Gasteiger partial charge is 0.496 e. The average molecular weight is 1940 g/mol. The Kier molecular flexibility index (Phi) is 41.7. The zero-order chi connectivity index (χ0) is 100.0. The fourth-order valence-electron chi connectivity index (χ4n) is 16.7. The number of ether oxygens (including phenoxy) is 9. The van der Waals surface area contributed by atoms with E-state index in [0.29, 0.717) is 117 Å². The number of alkyl halides is 2. The minimum atomic E-state index is -0.406.